The maximum atomic E-state index is 12.4. The van der Waals surface area contributed by atoms with Crippen molar-refractivity contribution in [1.82, 2.24) is 20.6 Å². The summed E-state index contributed by atoms with van der Waals surface area (Å²) < 4.78 is 10.3. The lowest BCUT2D eigenvalue weighted by Crippen LogP contribution is -2.32. The van der Waals surface area contributed by atoms with E-state index in [1.165, 1.54) is 0 Å². The van der Waals surface area contributed by atoms with Gasteiger partial charge in [0.15, 0.2) is 0 Å². The van der Waals surface area contributed by atoms with E-state index in [4.69, 9.17) is 21.1 Å². The molecule has 28 heavy (non-hydrogen) atoms. The highest BCUT2D eigenvalue weighted by molar-refractivity contribution is 6.29. The standard InChI is InChI=1S/C19H23ClN4O4/c1-19(2,3)28-18(26)23-10-12-7-15(24-16(20)8-12)17(25)22-11-13-9-14(27-4)5-6-21-13/h5-9H,10-11H2,1-4H3,(H,22,25)(H,23,26). The molecule has 9 heteroatoms. The lowest BCUT2D eigenvalue weighted by molar-refractivity contribution is 0.0523. The van der Waals surface area contributed by atoms with Crippen LogP contribution in [0.1, 0.15) is 42.5 Å². The second-order valence-electron chi connectivity index (χ2n) is 6.91. The number of hydrogen-bond acceptors (Lipinski definition) is 6. The van der Waals surface area contributed by atoms with Gasteiger partial charge in [0.2, 0.25) is 0 Å². The number of ether oxygens (including phenoxy) is 2. The molecule has 0 aliphatic heterocycles. The molecule has 0 saturated heterocycles. The third-order valence-electron chi connectivity index (χ3n) is 3.38. The van der Waals surface area contributed by atoms with Crippen LogP contribution in [0.5, 0.6) is 5.75 Å². The van der Waals surface area contributed by atoms with E-state index in [0.717, 1.165) is 0 Å². The zero-order valence-corrected chi connectivity index (χ0v) is 17.0. The van der Waals surface area contributed by atoms with Gasteiger partial charge in [0.05, 0.1) is 19.3 Å². The molecule has 2 rings (SSSR count). The van der Waals surface area contributed by atoms with Gasteiger partial charge < -0.3 is 20.1 Å². The predicted octanol–water partition coefficient (Wildman–Crippen LogP) is 3.09. The summed E-state index contributed by atoms with van der Waals surface area (Å²) in [6.07, 6.45) is 1.04. The molecule has 2 heterocycles. The fourth-order valence-electron chi connectivity index (χ4n) is 2.20. The van der Waals surface area contributed by atoms with E-state index in [1.54, 1.807) is 58.3 Å². The molecule has 0 aromatic carbocycles. The molecule has 2 aromatic heterocycles. The number of nitrogens with one attached hydrogen (secondary N) is 2. The van der Waals surface area contributed by atoms with Crippen molar-refractivity contribution in [3.8, 4) is 5.75 Å². The first-order valence-corrected chi connectivity index (χ1v) is 8.94. The van der Waals surface area contributed by atoms with Crippen LogP contribution in [0.25, 0.3) is 0 Å². The van der Waals surface area contributed by atoms with Gasteiger partial charge in [-0.1, -0.05) is 11.6 Å². The molecule has 150 valence electrons. The molecule has 2 amide bonds. The number of aromatic nitrogens is 2. The highest BCUT2D eigenvalue weighted by atomic mass is 35.5. The van der Waals surface area contributed by atoms with Gasteiger partial charge in [-0.05, 0) is 44.5 Å². The molecule has 0 spiro atoms. The van der Waals surface area contributed by atoms with Gasteiger partial charge in [0, 0.05) is 18.8 Å². The predicted molar refractivity (Wildman–Crippen MR) is 104 cm³/mol. The van der Waals surface area contributed by atoms with E-state index in [0.29, 0.717) is 17.0 Å². The van der Waals surface area contributed by atoms with Gasteiger partial charge >= 0.3 is 6.09 Å². The Morgan fingerprint density at radius 3 is 2.57 bits per heavy atom. The van der Waals surface area contributed by atoms with E-state index in [1.807, 2.05) is 0 Å². The maximum absolute atomic E-state index is 12.4. The number of hydrogen-bond donors (Lipinski definition) is 2. The first-order valence-electron chi connectivity index (χ1n) is 8.57. The molecule has 2 aromatic rings. The minimum Gasteiger partial charge on any atom is -0.497 e. The molecule has 0 saturated carbocycles. The minimum atomic E-state index is -0.598. The normalized spacial score (nSPS) is 10.9. The van der Waals surface area contributed by atoms with Crippen LogP contribution in [0.4, 0.5) is 4.79 Å². The van der Waals surface area contributed by atoms with Crippen molar-refractivity contribution in [3.05, 3.63) is 52.6 Å². The molecular formula is C19H23ClN4O4. The molecule has 0 radical (unpaired) electrons. The van der Waals surface area contributed by atoms with E-state index < -0.39 is 17.6 Å². The Balaban J connectivity index is 1.99. The Bertz CT molecular complexity index is 852. The molecule has 0 aliphatic rings. The van der Waals surface area contributed by atoms with Crippen molar-refractivity contribution < 1.29 is 19.1 Å². The minimum absolute atomic E-state index is 0.136. The van der Waals surface area contributed by atoms with Gasteiger partial charge in [-0.15, -0.1) is 0 Å². The lowest BCUT2D eigenvalue weighted by atomic mass is 10.2. The number of rotatable bonds is 6. The molecular weight excluding hydrogens is 384 g/mol. The van der Waals surface area contributed by atoms with Crippen LogP contribution < -0.4 is 15.4 Å². The highest BCUT2D eigenvalue weighted by Gasteiger charge is 2.16. The molecule has 0 fully saturated rings. The monoisotopic (exact) mass is 406 g/mol. The third kappa shape index (κ3) is 7.03. The molecule has 8 nitrogen and oxygen atoms in total. The Morgan fingerprint density at radius 1 is 1.14 bits per heavy atom. The Kier molecular flexibility index (Phi) is 7.17. The summed E-state index contributed by atoms with van der Waals surface area (Å²) in [5.41, 5.74) is 0.799. The summed E-state index contributed by atoms with van der Waals surface area (Å²) in [4.78, 5) is 32.4. The zero-order valence-electron chi connectivity index (χ0n) is 16.2. The smallest absolute Gasteiger partial charge is 0.407 e. The Hall–Kier alpha value is -2.87. The van der Waals surface area contributed by atoms with Crippen LogP contribution in [-0.2, 0) is 17.8 Å². The number of halogens is 1. The van der Waals surface area contributed by atoms with Gasteiger partial charge in [-0.25, -0.2) is 9.78 Å². The number of carbonyl (C=O) groups is 2. The topological polar surface area (TPSA) is 102 Å². The van der Waals surface area contributed by atoms with Crippen LogP contribution in [-0.4, -0.2) is 34.7 Å². The van der Waals surface area contributed by atoms with Crippen molar-refractivity contribution in [3.63, 3.8) is 0 Å². The van der Waals surface area contributed by atoms with Gasteiger partial charge in [0.25, 0.3) is 5.91 Å². The van der Waals surface area contributed by atoms with Crippen molar-refractivity contribution in [1.29, 1.82) is 0 Å². The molecule has 2 N–H and O–H groups in total. The van der Waals surface area contributed by atoms with E-state index >= 15 is 0 Å². The van der Waals surface area contributed by atoms with Crippen molar-refractivity contribution in [2.24, 2.45) is 0 Å². The maximum Gasteiger partial charge on any atom is 0.407 e. The molecule has 0 atom stereocenters. The number of carbonyl (C=O) groups excluding carboxylic acids is 2. The second-order valence-corrected chi connectivity index (χ2v) is 7.30. The van der Waals surface area contributed by atoms with Crippen LogP contribution >= 0.6 is 11.6 Å². The average Bonchev–Trinajstić information content (AvgIpc) is 2.63. The zero-order chi connectivity index (χ0) is 20.7. The number of pyridine rings is 2. The van der Waals surface area contributed by atoms with Crippen molar-refractivity contribution >= 4 is 23.6 Å². The van der Waals surface area contributed by atoms with Gasteiger partial charge in [-0.2, -0.15) is 0 Å². The summed E-state index contributed by atoms with van der Waals surface area (Å²) in [7, 11) is 1.56. The second kappa shape index (κ2) is 9.36. The van der Waals surface area contributed by atoms with E-state index in [2.05, 4.69) is 20.6 Å². The van der Waals surface area contributed by atoms with Crippen LogP contribution in [0, 0.1) is 0 Å². The summed E-state index contributed by atoms with van der Waals surface area (Å²) in [6.45, 7) is 5.67. The van der Waals surface area contributed by atoms with E-state index in [-0.39, 0.29) is 23.9 Å². The summed E-state index contributed by atoms with van der Waals surface area (Å²) >= 11 is 6.01. The van der Waals surface area contributed by atoms with Crippen molar-refractivity contribution in [2.45, 2.75) is 39.5 Å². The molecule has 0 bridgehead atoms. The number of amides is 2. The SMILES string of the molecule is COc1ccnc(CNC(=O)c2cc(CNC(=O)OC(C)(C)C)cc(Cl)n2)c1. The lowest BCUT2D eigenvalue weighted by Gasteiger charge is -2.19. The number of alkyl carbamates (subject to hydrolysis) is 1. The summed E-state index contributed by atoms with van der Waals surface area (Å²) in [5.74, 6) is 0.237. The fraction of sp³-hybridized carbons (Fsp3) is 0.368. The highest BCUT2D eigenvalue weighted by Crippen LogP contribution is 2.13. The van der Waals surface area contributed by atoms with Crippen molar-refractivity contribution in [2.75, 3.05) is 7.11 Å². The van der Waals surface area contributed by atoms with E-state index in [9.17, 15) is 9.59 Å². The summed E-state index contributed by atoms with van der Waals surface area (Å²) in [5, 5.41) is 5.49. The quantitative estimate of drug-likeness (QED) is 0.714. The van der Waals surface area contributed by atoms with Crippen LogP contribution in [0.2, 0.25) is 5.15 Å². The van der Waals surface area contributed by atoms with Crippen LogP contribution in [0.15, 0.2) is 30.5 Å². The largest absolute Gasteiger partial charge is 0.497 e. The van der Waals surface area contributed by atoms with Gasteiger partial charge in [-0.3, -0.25) is 9.78 Å². The van der Waals surface area contributed by atoms with Gasteiger partial charge in [0.1, 0.15) is 22.2 Å². The molecule has 0 unspecified atom stereocenters. The first-order chi connectivity index (χ1) is 13.2. The Morgan fingerprint density at radius 2 is 1.89 bits per heavy atom. The average molecular weight is 407 g/mol. The third-order valence-corrected chi connectivity index (χ3v) is 3.57. The first kappa shape index (κ1) is 21.4. The molecule has 0 aliphatic carbocycles. The fourth-order valence-corrected chi connectivity index (χ4v) is 2.43. The number of methoxy groups -OCH3 is 1. The Labute approximate surface area is 168 Å². The summed E-state index contributed by atoms with van der Waals surface area (Å²) in [6, 6.07) is 6.56. The van der Waals surface area contributed by atoms with Crippen LogP contribution in [0.3, 0.4) is 0 Å². The number of nitrogens with zero attached hydrogens (tertiary/aromatic N) is 2.